The second-order valence-electron chi connectivity index (χ2n) is 7.02. The van der Waals surface area contributed by atoms with Gasteiger partial charge in [-0.25, -0.2) is 9.97 Å². The van der Waals surface area contributed by atoms with E-state index in [1.807, 2.05) is 12.1 Å². The first-order valence-corrected chi connectivity index (χ1v) is 9.43. The quantitative estimate of drug-likeness (QED) is 0.527. The van der Waals surface area contributed by atoms with Gasteiger partial charge >= 0.3 is 0 Å². The van der Waals surface area contributed by atoms with Gasteiger partial charge in [-0.2, -0.15) is 4.98 Å². The Morgan fingerprint density at radius 1 is 1.11 bits per heavy atom. The fraction of sp³-hybridized carbons (Fsp3) is 0.250. The molecule has 0 spiro atoms. The lowest BCUT2D eigenvalue weighted by Gasteiger charge is -2.33. The van der Waals surface area contributed by atoms with Gasteiger partial charge in [-0.15, -0.1) is 0 Å². The minimum atomic E-state index is -0.177. The van der Waals surface area contributed by atoms with Crippen LogP contribution in [0.25, 0.3) is 11.0 Å². The Morgan fingerprint density at radius 3 is 2.75 bits per heavy atom. The van der Waals surface area contributed by atoms with Crippen molar-refractivity contribution in [3.63, 3.8) is 0 Å². The number of halogens is 1. The predicted octanol–water partition coefficient (Wildman–Crippen LogP) is 3.54. The average Bonchev–Trinajstić information content (AvgIpc) is 3.13. The van der Waals surface area contributed by atoms with Crippen molar-refractivity contribution < 1.29 is 4.52 Å². The zero-order valence-electron chi connectivity index (χ0n) is 14.8. The molecule has 0 N–H and O–H groups in total. The van der Waals surface area contributed by atoms with Crippen LogP contribution in [-0.2, 0) is 6.54 Å². The van der Waals surface area contributed by atoms with Crippen LogP contribution < -0.4 is 5.56 Å². The lowest BCUT2D eigenvalue weighted by Crippen LogP contribution is -2.22. The maximum Gasteiger partial charge on any atom is 0.263 e. The van der Waals surface area contributed by atoms with Crippen molar-refractivity contribution in [1.29, 1.82) is 0 Å². The van der Waals surface area contributed by atoms with Crippen molar-refractivity contribution >= 4 is 22.6 Å². The van der Waals surface area contributed by atoms with Crippen molar-refractivity contribution in [1.82, 2.24) is 24.7 Å². The van der Waals surface area contributed by atoms with Crippen molar-refractivity contribution in [3.05, 3.63) is 81.6 Å². The summed E-state index contributed by atoms with van der Waals surface area (Å²) in [5.41, 5.74) is 1.54. The smallest absolute Gasteiger partial charge is 0.263 e. The highest BCUT2D eigenvalue weighted by atomic mass is 35.5. The Labute approximate surface area is 165 Å². The summed E-state index contributed by atoms with van der Waals surface area (Å²) in [6, 6.07) is 11.4. The van der Waals surface area contributed by atoms with Crippen molar-refractivity contribution in [2.24, 2.45) is 0 Å². The second kappa shape index (κ2) is 6.83. The Hall–Kier alpha value is -3.06. The number of pyridine rings is 1. The summed E-state index contributed by atoms with van der Waals surface area (Å²) in [4.78, 5) is 25.3. The van der Waals surface area contributed by atoms with Crippen LogP contribution in [0.2, 0.25) is 5.02 Å². The molecule has 7 nitrogen and oxygen atoms in total. The number of benzene rings is 1. The van der Waals surface area contributed by atoms with Gasteiger partial charge in [-0.3, -0.25) is 9.36 Å². The van der Waals surface area contributed by atoms with Gasteiger partial charge in [0.2, 0.25) is 5.89 Å². The average molecular weight is 394 g/mol. The highest BCUT2D eigenvalue weighted by molar-refractivity contribution is 6.30. The monoisotopic (exact) mass is 393 g/mol. The molecular formula is C20H16ClN5O2. The van der Waals surface area contributed by atoms with E-state index in [0.717, 1.165) is 17.9 Å². The first-order chi connectivity index (χ1) is 13.7. The van der Waals surface area contributed by atoms with E-state index in [1.54, 1.807) is 18.3 Å². The van der Waals surface area contributed by atoms with E-state index in [4.69, 9.17) is 16.1 Å². The van der Waals surface area contributed by atoms with Crippen LogP contribution in [0.4, 0.5) is 0 Å². The van der Waals surface area contributed by atoms with E-state index in [9.17, 15) is 4.79 Å². The van der Waals surface area contributed by atoms with Crippen LogP contribution in [0.5, 0.6) is 0 Å². The number of hydrogen-bond donors (Lipinski definition) is 0. The van der Waals surface area contributed by atoms with Crippen LogP contribution in [0.15, 0.2) is 58.2 Å². The number of hydrogen-bond acceptors (Lipinski definition) is 6. The van der Waals surface area contributed by atoms with E-state index >= 15 is 0 Å². The lowest BCUT2D eigenvalue weighted by atomic mass is 9.71. The van der Waals surface area contributed by atoms with E-state index in [-0.39, 0.29) is 18.0 Å². The van der Waals surface area contributed by atoms with Crippen LogP contribution in [0.3, 0.4) is 0 Å². The maximum atomic E-state index is 12.5. The first kappa shape index (κ1) is 17.1. The molecule has 1 fully saturated rings. The Kier molecular flexibility index (Phi) is 4.16. The third kappa shape index (κ3) is 3.07. The Bertz CT molecular complexity index is 1200. The molecule has 140 valence electrons. The zero-order valence-corrected chi connectivity index (χ0v) is 15.6. The molecule has 0 aliphatic heterocycles. The van der Waals surface area contributed by atoms with Crippen molar-refractivity contribution in [3.8, 4) is 0 Å². The first-order valence-electron chi connectivity index (χ1n) is 9.05. The molecule has 0 saturated heterocycles. The molecule has 5 rings (SSSR count). The number of fused-ring (bicyclic) bond motifs is 1. The van der Waals surface area contributed by atoms with Crippen LogP contribution in [0.1, 0.15) is 42.0 Å². The molecule has 3 heterocycles. The van der Waals surface area contributed by atoms with Crippen LogP contribution >= 0.6 is 11.6 Å². The molecule has 0 radical (unpaired) electrons. The molecule has 1 aromatic carbocycles. The lowest BCUT2D eigenvalue weighted by molar-refractivity contribution is 0.315. The van der Waals surface area contributed by atoms with Gasteiger partial charge in [-0.05, 0) is 48.6 Å². The van der Waals surface area contributed by atoms with Gasteiger partial charge in [0.1, 0.15) is 12.9 Å². The van der Waals surface area contributed by atoms with Gasteiger partial charge in [0.15, 0.2) is 11.5 Å². The van der Waals surface area contributed by atoms with Crippen molar-refractivity contribution in [2.75, 3.05) is 0 Å². The maximum absolute atomic E-state index is 12.5. The summed E-state index contributed by atoms with van der Waals surface area (Å²) < 4.78 is 6.82. The Morgan fingerprint density at radius 2 is 1.93 bits per heavy atom. The number of rotatable bonds is 4. The highest BCUT2D eigenvalue weighted by Gasteiger charge is 2.34. The third-order valence-corrected chi connectivity index (χ3v) is 5.48. The molecule has 0 amide bonds. The fourth-order valence-corrected chi connectivity index (χ4v) is 3.72. The van der Waals surface area contributed by atoms with Gasteiger partial charge in [0.05, 0.1) is 5.39 Å². The normalized spacial score (nSPS) is 18.9. The highest BCUT2D eigenvalue weighted by Crippen LogP contribution is 2.46. The summed E-state index contributed by atoms with van der Waals surface area (Å²) in [5, 5.41) is 5.33. The van der Waals surface area contributed by atoms with E-state index in [2.05, 4.69) is 32.2 Å². The van der Waals surface area contributed by atoms with E-state index in [1.165, 1.54) is 16.5 Å². The number of nitrogens with zero attached hydrogens (tertiary/aromatic N) is 5. The molecule has 3 aromatic heterocycles. The van der Waals surface area contributed by atoms with E-state index < -0.39 is 0 Å². The van der Waals surface area contributed by atoms with Gasteiger partial charge in [-0.1, -0.05) is 28.9 Å². The minimum Gasteiger partial charge on any atom is -0.337 e. The molecule has 28 heavy (non-hydrogen) atoms. The standard InChI is InChI=1S/C20H16ClN5O2/c21-15-5-3-12(4-6-15)13-8-14(9-13)18-24-17(28-25-18)10-26-11-23-19-16(20(26)27)2-1-7-22-19/h1-7,11,13-14H,8-10H2/t13-,14-. The third-order valence-electron chi connectivity index (χ3n) is 5.23. The largest absolute Gasteiger partial charge is 0.337 e. The van der Waals surface area contributed by atoms with E-state index in [0.29, 0.717) is 28.7 Å². The molecule has 0 atom stereocenters. The summed E-state index contributed by atoms with van der Waals surface area (Å²) in [6.07, 6.45) is 5.02. The summed E-state index contributed by atoms with van der Waals surface area (Å²) in [5.74, 6) is 1.86. The number of aromatic nitrogens is 5. The zero-order chi connectivity index (χ0) is 19.1. The van der Waals surface area contributed by atoms with Crippen LogP contribution in [0, 0.1) is 0 Å². The molecule has 0 bridgehead atoms. The van der Waals surface area contributed by atoms with Crippen molar-refractivity contribution in [2.45, 2.75) is 31.2 Å². The molecular weight excluding hydrogens is 378 g/mol. The topological polar surface area (TPSA) is 86.7 Å². The molecule has 8 heteroatoms. The SMILES string of the molecule is O=c1c2cccnc2ncn1Cc1nc([C@H]2C[C@H](c3ccc(Cl)cc3)C2)no1. The summed E-state index contributed by atoms with van der Waals surface area (Å²) >= 11 is 5.95. The summed E-state index contributed by atoms with van der Waals surface area (Å²) in [6.45, 7) is 0.191. The molecule has 0 unspecified atom stereocenters. The van der Waals surface area contributed by atoms with Gasteiger partial charge < -0.3 is 4.52 Å². The second-order valence-corrected chi connectivity index (χ2v) is 7.45. The van der Waals surface area contributed by atoms with Gasteiger partial charge in [0.25, 0.3) is 5.56 Å². The fourth-order valence-electron chi connectivity index (χ4n) is 3.59. The summed E-state index contributed by atoms with van der Waals surface area (Å²) in [7, 11) is 0. The molecule has 1 saturated carbocycles. The minimum absolute atomic E-state index is 0.177. The molecule has 1 aliphatic rings. The van der Waals surface area contributed by atoms with Crippen LogP contribution in [-0.4, -0.2) is 24.7 Å². The molecule has 1 aliphatic carbocycles. The molecule has 4 aromatic rings. The predicted molar refractivity (Wildman–Crippen MR) is 103 cm³/mol. The van der Waals surface area contributed by atoms with Gasteiger partial charge in [0, 0.05) is 17.1 Å². The Balaban J connectivity index is 1.29.